The van der Waals surface area contributed by atoms with E-state index in [1.54, 1.807) is 4.68 Å². The Morgan fingerprint density at radius 2 is 1.95 bits per heavy atom. The highest BCUT2D eigenvalue weighted by Crippen LogP contribution is 2.20. The maximum Gasteiger partial charge on any atom is 0.303 e. The fourth-order valence-corrected chi connectivity index (χ4v) is 2.52. The van der Waals surface area contributed by atoms with E-state index in [0.29, 0.717) is 19.4 Å². The van der Waals surface area contributed by atoms with Gasteiger partial charge in [0.1, 0.15) is 0 Å². The summed E-state index contributed by atoms with van der Waals surface area (Å²) in [7, 11) is 0. The Hall–Kier alpha value is -2.76. The zero-order valence-corrected chi connectivity index (χ0v) is 12.0. The minimum absolute atomic E-state index is 0.119. The lowest BCUT2D eigenvalue weighted by Crippen LogP contribution is -2.08. The van der Waals surface area contributed by atoms with E-state index in [2.05, 4.69) is 39.8 Å². The third-order valence-electron chi connectivity index (χ3n) is 3.60. The predicted octanol–water partition coefficient (Wildman–Crippen LogP) is 2.28. The zero-order chi connectivity index (χ0) is 15.4. The van der Waals surface area contributed by atoms with Crippen LogP contribution in [0.5, 0.6) is 0 Å². The van der Waals surface area contributed by atoms with Crippen LogP contribution in [-0.4, -0.2) is 31.3 Å². The Bertz CT molecular complexity index is 792. The van der Waals surface area contributed by atoms with Gasteiger partial charge in [0.05, 0.1) is 0 Å². The smallest absolute Gasteiger partial charge is 0.303 e. The number of carboxylic acid groups (broad SMARTS) is 1. The van der Waals surface area contributed by atoms with Crippen LogP contribution in [0.1, 0.15) is 24.2 Å². The van der Waals surface area contributed by atoms with Gasteiger partial charge in [-0.3, -0.25) is 4.79 Å². The van der Waals surface area contributed by atoms with Crippen LogP contribution in [0, 0.1) is 0 Å². The molecule has 1 aromatic heterocycles. The number of carbonyl (C=O) groups is 1. The predicted molar refractivity (Wildman–Crippen MR) is 81.4 cm³/mol. The molecule has 112 valence electrons. The van der Waals surface area contributed by atoms with Crippen LogP contribution in [0.3, 0.4) is 0 Å². The van der Waals surface area contributed by atoms with Crippen molar-refractivity contribution >= 4 is 16.7 Å². The normalized spacial score (nSPS) is 10.9. The van der Waals surface area contributed by atoms with Crippen LogP contribution in [0.15, 0.2) is 42.5 Å². The van der Waals surface area contributed by atoms with E-state index in [0.717, 1.165) is 11.4 Å². The fraction of sp³-hybridized carbons (Fsp3) is 0.250. The van der Waals surface area contributed by atoms with Crippen molar-refractivity contribution in [3.63, 3.8) is 0 Å². The summed E-state index contributed by atoms with van der Waals surface area (Å²) in [5.41, 5.74) is 1.16. The number of fused-ring (bicyclic) bond motifs is 1. The van der Waals surface area contributed by atoms with Gasteiger partial charge in [-0.2, -0.15) is 0 Å². The van der Waals surface area contributed by atoms with Crippen molar-refractivity contribution in [2.75, 3.05) is 0 Å². The first-order chi connectivity index (χ1) is 10.7. The number of aromatic nitrogens is 4. The summed E-state index contributed by atoms with van der Waals surface area (Å²) < 4.78 is 1.69. The van der Waals surface area contributed by atoms with E-state index < -0.39 is 5.97 Å². The van der Waals surface area contributed by atoms with Gasteiger partial charge in [0.15, 0.2) is 5.82 Å². The van der Waals surface area contributed by atoms with Crippen LogP contribution in [0.2, 0.25) is 0 Å². The second-order valence-electron chi connectivity index (χ2n) is 5.13. The van der Waals surface area contributed by atoms with E-state index >= 15 is 0 Å². The number of hydrogen-bond donors (Lipinski definition) is 1. The molecule has 0 spiro atoms. The highest BCUT2D eigenvalue weighted by molar-refractivity contribution is 5.85. The first-order valence-electron chi connectivity index (χ1n) is 7.17. The first-order valence-corrected chi connectivity index (χ1v) is 7.17. The van der Waals surface area contributed by atoms with Crippen LogP contribution in [-0.2, 0) is 17.8 Å². The first kappa shape index (κ1) is 14.2. The monoisotopic (exact) mass is 296 g/mol. The van der Waals surface area contributed by atoms with Gasteiger partial charge in [0.2, 0.25) is 0 Å². The largest absolute Gasteiger partial charge is 0.481 e. The molecule has 0 amide bonds. The van der Waals surface area contributed by atoms with Gasteiger partial charge in [-0.25, -0.2) is 4.68 Å². The lowest BCUT2D eigenvalue weighted by Gasteiger charge is -2.07. The second kappa shape index (κ2) is 6.34. The van der Waals surface area contributed by atoms with Gasteiger partial charge < -0.3 is 5.11 Å². The molecule has 0 aliphatic carbocycles. The van der Waals surface area contributed by atoms with Gasteiger partial charge in [0, 0.05) is 19.4 Å². The highest BCUT2D eigenvalue weighted by atomic mass is 16.4. The van der Waals surface area contributed by atoms with E-state index in [1.807, 2.05) is 18.2 Å². The molecule has 6 nitrogen and oxygen atoms in total. The van der Waals surface area contributed by atoms with Gasteiger partial charge in [-0.1, -0.05) is 42.5 Å². The van der Waals surface area contributed by atoms with Crippen LogP contribution in [0.25, 0.3) is 10.8 Å². The molecule has 3 rings (SSSR count). The van der Waals surface area contributed by atoms with Crippen molar-refractivity contribution in [2.24, 2.45) is 0 Å². The molecule has 0 aliphatic heterocycles. The van der Waals surface area contributed by atoms with Crippen LogP contribution < -0.4 is 0 Å². The molecule has 0 atom stereocenters. The van der Waals surface area contributed by atoms with Crippen molar-refractivity contribution in [1.82, 2.24) is 20.2 Å². The number of aryl methyl sites for hydroxylation is 1. The number of aliphatic carboxylic acids is 1. The van der Waals surface area contributed by atoms with Crippen molar-refractivity contribution in [2.45, 2.75) is 25.8 Å². The summed E-state index contributed by atoms with van der Waals surface area (Å²) in [6, 6.07) is 14.4. The van der Waals surface area contributed by atoms with E-state index in [9.17, 15) is 4.79 Å². The Morgan fingerprint density at radius 3 is 2.82 bits per heavy atom. The Labute approximate surface area is 127 Å². The Morgan fingerprint density at radius 1 is 1.14 bits per heavy atom. The summed E-state index contributed by atoms with van der Waals surface area (Å²) in [5, 5.41) is 22.8. The number of benzene rings is 2. The highest BCUT2D eigenvalue weighted by Gasteiger charge is 2.09. The van der Waals surface area contributed by atoms with Crippen LogP contribution in [0.4, 0.5) is 0 Å². The summed E-state index contributed by atoms with van der Waals surface area (Å²) >= 11 is 0. The number of carboxylic acids is 1. The third kappa shape index (κ3) is 3.11. The lowest BCUT2D eigenvalue weighted by atomic mass is 10.0. The summed E-state index contributed by atoms with van der Waals surface area (Å²) in [4.78, 5) is 10.6. The van der Waals surface area contributed by atoms with E-state index in [-0.39, 0.29) is 6.42 Å². The lowest BCUT2D eigenvalue weighted by molar-refractivity contribution is -0.137. The Kier molecular flexibility index (Phi) is 4.09. The summed E-state index contributed by atoms with van der Waals surface area (Å²) in [6.45, 7) is 0.513. The molecule has 0 unspecified atom stereocenters. The molecule has 0 aliphatic rings. The van der Waals surface area contributed by atoms with Gasteiger partial charge >= 0.3 is 5.97 Å². The van der Waals surface area contributed by atoms with E-state index in [4.69, 9.17) is 5.11 Å². The second-order valence-corrected chi connectivity index (χ2v) is 5.13. The molecule has 0 fully saturated rings. The SMILES string of the molecule is O=C(O)CCCn1nnnc1Cc1cccc2ccccc12. The summed E-state index contributed by atoms with van der Waals surface area (Å²) in [5.74, 6) is -0.0505. The maximum atomic E-state index is 10.6. The number of tetrazole rings is 1. The quantitative estimate of drug-likeness (QED) is 0.754. The molecular formula is C16H16N4O2. The molecule has 0 saturated heterocycles. The fourth-order valence-electron chi connectivity index (χ4n) is 2.52. The molecule has 1 N–H and O–H groups in total. The van der Waals surface area contributed by atoms with Gasteiger partial charge in [-0.15, -0.1) is 5.10 Å². The van der Waals surface area contributed by atoms with Crippen molar-refractivity contribution in [3.8, 4) is 0 Å². The molecule has 0 bridgehead atoms. The number of rotatable bonds is 6. The standard InChI is InChI=1S/C16H16N4O2/c21-16(22)9-4-10-20-15(17-18-19-20)11-13-7-3-6-12-5-1-2-8-14(12)13/h1-3,5-8H,4,9-11H2,(H,21,22). The molecule has 2 aromatic carbocycles. The number of hydrogen-bond acceptors (Lipinski definition) is 4. The molecule has 22 heavy (non-hydrogen) atoms. The maximum absolute atomic E-state index is 10.6. The Balaban J connectivity index is 1.81. The van der Waals surface area contributed by atoms with Gasteiger partial charge in [-0.05, 0) is 33.2 Å². The zero-order valence-electron chi connectivity index (χ0n) is 12.0. The minimum Gasteiger partial charge on any atom is -0.481 e. The molecule has 1 heterocycles. The molecule has 6 heteroatoms. The topological polar surface area (TPSA) is 80.9 Å². The average molecular weight is 296 g/mol. The van der Waals surface area contributed by atoms with E-state index in [1.165, 1.54) is 10.8 Å². The third-order valence-corrected chi connectivity index (χ3v) is 3.60. The van der Waals surface area contributed by atoms with Crippen molar-refractivity contribution in [1.29, 1.82) is 0 Å². The molecule has 0 radical (unpaired) electrons. The number of nitrogens with zero attached hydrogens (tertiary/aromatic N) is 4. The van der Waals surface area contributed by atoms with Crippen molar-refractivity contribution in [3.05, 3.63) is 53.9 Å². The average Bonchev–Trinajstić information content (AvgIpc) is 2.95. The van der Waals surface area contributed by atoms with Gasteiger partial charge in [0.25, 0.3) is 0 Å². The summed E-state index contributed by atoms with van der Waals surface area (Å²) in [6.07, 6.45) is 1.26. The van der Waals surface area contributed by atoms with Crippen molar-refractivity contribution < 1.29 is 9.90 Å². The molecule has 3 aromatic rings. The van der Waals surface area contributed by atoms with Crippen LogP contribution >= 0.6 is 0 Å². The molecular weight excluding hydrogens is 280 g/mol. The minimum atomic E-state index is -0.802. The molecule has 0 saturated carbocycles.